The Kier molecular flexibility index (Phi) is 15.5. The summed E-state index contributed by atoms with van der Waals surface area (Å²) in [6.07, 6.45) is 1.14. The molecule has 1 heterocycles. The molecule has 1 unspecified atom stereocenters. The van der Waals surface area contributed by atoms with Crippen LogP contribution in [0.1, 0.15) is 46.2 Å². The van der Waals surface area contributed by atoms with E-state index >= 15 is 0 Å². The van der Waals surface area contributed by atoms with Crippen LogP contribution >= 0.6 is 0 Å². The largest absolute Gasteiger partial charge is 0.491 e. The Morgan fingerprint density at radius 2 is 1.67 bits per heavy atom. The van der Waals surface area contributed by atoms with Crippen LogP contribution in [-0.2, 0) is 9.47 Å². The van der Waals surface area contributed by atoms with Crippen molar-refractivity contribution < 1.29 is 23.8 Å². The molecule has 4 N–H and O–H groups in total. The fourth-order valence-electron chi connectivity index (χ4n) is 5.11. The van der Waals surface area contributed by atoms with E-state index in [1.54, 1.807) is 14.0 Å². The molecule has 0 saturated heterocycles. The molecular formula is C35H50N8O6. The fourth-order valence-corrected chi connectivity index (χ4v) is 5.11. The van der Waals surface area contributed by atoms with Gasteiger partial charge in [-0.1, -0.05) is 20.8 Å². The number of ether oxygens (including phenoxy) is 3. The molecule has 3 rings (SSSR count). The van der Waals surface area contributed by atoms with Crippen LogP contribution in [0.3, 0.4) is 0 Å². The summed E-state index contributed by atoms with van der Waals surface area (Å²) >= 11 is 0. The number of amides is 3. The zero-order valence-corrected chi connectivity index (χ0v) is 29.4. The first kappa shape index (κ1) is 38.5. The Morgan fingerprint density at radius 1 is 1.00 bits per heavy atom. The summed E-state index contributed by atoms with van der Waals surface area (Å²) in [5.41, 5.74) is 2.43. The molecule has 14 heteroatoms. The van der Waals surface area contributed by atoms with Crippen molar-refractivity contribution in [3.63, 3.8) is 0 Å². The summed E-state index contributed by atoms with van der Waals surface area (Å²) in [5, 5.41) is 16.9. The average Bonchev–Trinajstić information content (AvgIpc) is 3.05. The Labute approximate surface area is 288 Å². The molecule has 266 valence electrons. The standard InChI is InChI=1S/C35H50N8O6/c1-7-43(29-12-8-27(9-13-29)41-42-28-10-14-30(15-11-28)48-21-20-47-6)18-19-49-34(46)36-17-16-25(2)23-35(4,5)24-37-33(45)40-32-38-26(3)22-31(44)39-32/h8-15,22,25H,7,16-21,23-24H2,1-6H3,(H,36,46)(H3,37,38,39,40,44,45). The lowest BCUT2D eigenvalue weighted by Crippen LogP contribution is -2.38. The summed E-state index contributed by atoms with van der Waals surface area (Å²) in [6, 6.07) is 16.0. The first-order valence-corrected chi connectivity index (χ1v) is 16.5. The smallest absolute Gasteiger partial charge is 0.407 e. The lowest BCUT2D eigenvalue weighted by atomic mass is 9.82. The van der Waals surface area contributed by atoms with Gasteiger partial charge in [0, 0.05) is 44.2 Å². The lowest BCUT2D eigenvalue weighted by Gasteiger charge is -2.28. The van der Waals surface area contributed by atoms with Gasteiger partial charge in [0.2, 0.25) is 5.95 Å². The number of benzene rings is 2. The van der Waals surface area contributed by atoms with Crippen molar-refractivity contribution in [1.82, 2.24) is 20.6 Å². The van der Waals surface area contributed by atoms with Crippen LogP contribution in [0.4, 0.5) is 32.6 Å². The second-order valence-corrected chi connectivity index (χ2v) is 12.5. The molecule has 0 bridgehead atoms. The number of alkyl carbamates (subject to hydrolysis) is 1. The Bertz CT molecular complexity index is 1540. The van der Waals surface area contributed by atoms with E-state index in [9.17, 15) is 14.4 Å². The minimum atomic E-state index is -0.450. The molecule has 1 atom stereocenters. The van der Waals surface area contributed by atoms with Crippen LogP contribution in [0.15, 0.2) is 69.6 Å². The molecule has 14 nitrogen and oxygen atoms in total. The molecule has 2 aromatic carbocycles. The molecule has 0 radical (unpaired) electrons. The molecule has 49 heavy (non-hydrogen) atoms. The highest BCUT2D eigenvalue weighted by molar-refractivity contribution is 5.87. The number of nitrogens with zero attached hydrogens (tertiary/aromatic N) is 4. The number of H-pyrrole nitrogens is 1. The molecule has 0 aliphatic heterocycles. The molecule has 0 aliphatic carbocycles. The van der Waals surface area contributed by atoms with Crippen LogP contribution in [-0.4, -0.2) is 75.2 Å². The number of nitrogens with one attached hydrogen (secondary N) is 4. The van der Waals surface area contributed by atoms with Crippen molar-refractivity contribution in [3.8, 4) is 5.75 Å². The summed E-state index contributed by atoms with van der Waals surface area (Å²) in [7, 11) is 1.63. The van der Waals surface area contributed by atoms with Gasteiger partial charge in [-0.2, -0.15) is 10.2 Å². The summed E-state index contributed by atoms with van der Waals surface area (Å²) in [6.45, 7) is 13.4. The second-order valence-electron chi connectivity index (χ2n) is 12.5. The van der Waals surface area contributed by atoms with E-state index in [2.05, 4.69) is 61.8 Å². The van der Waals surface area contributed by atoms with E-state index in [4.69, 9.17) is 14.2 Å². The molecule has 0 spiro atoms. The Morgan fingerprint density at radius 3 is 2.31 bits per heavy atom. The quantitative estimate of drug-likeness (QED) is 0.0841. The highest BCUT2D eigenvalue weighted by Crippen LogP contribution is 2.26. The zero-order chi connectivity index (χ0) is 35.6. The maximum Gasteiger partial charge on any atom is 0.407 e. The highest BCUT2D eigenvalue weighted by atomic mass is 16.5. The van der Waals surface area contributed by atoms with E-state index in [0.29, 0.717) is 44.5 Å². The van der Waals surface area contributed by atoms with Crippen molar-refractivity contribution in [1.29, 1.82) is 0 Å². The van der Waals surface area contributed by atoms with Crippen LogP contribution in [0.25, 0.3) is 0 Å². The van der Waals surface area contributed by atoms with Crippen molar-refractivity contribution in [3.05, 3.63) is 70.6 Å². The van der Waals surface area contributed by atoms with Gasteiger partial charge in [0.25, 0.3) is 5.56 Å². The highest BCUT2D eigenvalue weighted by Gasteiger charge is 2.22. The predicted molar refractivity (Wildman–Crippen MR) is 190 cm³/mol. The number of aromatic nitrogens is 2. The first-order valence-electron chi connectivity index (χ1n) is 16.5. The third-order valence-corrected chi connectivity index (χ3v) is 7.50. The number of aromatic amines is 1. The van der Waals surface area contributed by atoms with Gasteiger partial charge < -0.3 is 29.7 Å². The number of methoxy groups -OCH3 is 1. The Hall–Kier alpha value is -4.98. The number of likely N-dealkylation sites (N-methyl/N-ethyl adjacent to an activating group) is 1. The van der Waals surface area contributed by atoms with Crippen LogP contribution in [0.2, 0.25) is 0 Å². The van der Waals surface area contributed by atoms with E-state index in [1.807, 2.05) is 55.5 Å². The van der Waals surface area contributed by atoms with E-state index in [-0.39, 0.29) is 23.5 Å². The summed E-state index contributed by atoms with van der Waals surface area (Å²) in [4.78, 5) is 44.9. The molecule has 0 fully saturated rings. The van der Waals surface area contributed by atoms with E-state index in [0.717, 1.165) is 42.2 Å². The number of hydrogen-bond acceptors (Lipinski definition) is 10. The lowest BCUT2D eigenvalue weighted by molar-refractivity contribution is 0.146. The minimum Gasteiger partial charge on any atom is -0.491 e. The fraction of sp³-hybridized carbons (Fsp3) is 0.486. The molecule has 3 amide bonds. The molecular weight excluding hydrogens is 628 g/mol. The van der Waals surface area contributed by atoms with Gasteiger partial charge in [-0.25, -0.2) is 14.6 Å². The third kappa shape index (κ3) is 14.8. The number of aryl methyl sites for hydroxylation is 1. The predicted octanol–water partition coefficient (Wildman–Crippen LogP) is 6.34. The molecule has 0 saturated carbocycles. The first-order chi connectivity index (χ1) is 23.5. The number of hydrogen-bond donors (Lipinski definition) is 4. The second kappa shape index (κ2) is 19.7. The summed E-state index contributed by atoms with van der Waals surface area (Å²) in [5.74, 6) is 1.14. The van der Waals surface area contributed by atoms with E-state index in [1.165, 1.54) is 6.07 Å². The van der Waals surface area contributed by atoms with E-state index < -0.39 is 12.1 Å². The minimum absolute atomic E-state index is 0.103. The zero-order valence-electron chi connectivity index (χ0n) is 29.4. The van der Waals surface area contributed by atoms with Gasteiger partial charge >= 0.3 is 12.1 Å². The van der Waals surface area contributed by atoms with Crippen LogP contribution in [0, 0.1) is 18.3 Å². The molecule has 1 aromatic heterocycles. The number of rotatable bonds is 19. The topological polar surface area (TPSA) is 172 Å². The van der Waals surface area contributed by atoms with Crippen molar-refractivity contribution in [2.75, 3.05) is 63.3 Å². The van der Waals surface area contributed by atoms with Gasteiger partial charge in [0.15, 0.2) is 0 Å². The molecule has 0 aliphatic rings. The number of urea groups is 1. The van der Waals surface area contributed by atoms with Crippen LogP contribution < -0.4 is 31.1 Å². The maximum atomic E-state index is 12.3. The summed E-state index contributed by atoms with van der Waals surface area (Å²) < 4.78 is 16.0. The van der Waals surface area contributed by atoms with Gasteiger partial charge in [-0.05, 0) is 86.6 Å². The van der Waals surface area contributed by atoms with Crippen molar-refractivity contribution in [2.45, 2.75) is 47.5 Å². The average molecular weight is 679 g/mol. The monoisotopic (exact) mass is 678 g/mol. The number of carbonyl (C=O) groups excluding carboxylic acids is 2. The van der Waals surface area contributed by atoms with Gasteiger partial charge in [-0.3, -0.25) is 15.1 Å². The number of azo groups is 1. The number of carbonyl (C=O) groups is 2. The molecule has 3 aromatic rings. The van der Waals surface area contributed by atoms with Crippen LogP contribution in [0.5, 0.6) is 5.75 Å². The normalized spacial score (nSPS) is 12.0. The van der Waals surface area contributed by atoms with Crippen molar-refractivity contribution >= 4 is 35.1 Å². The maximum absolute atomic E-state index is 12.3. The Balaban J connectivity index is 1.32. The van der Waals surface area contributed by atoms with Gasteiger partial charge in [0.05, 0.1) is 24.5 Å². The van der Waals surface area contributed by atoms with Gasteiger partial charge in [0.1, 0.15) is 19.0 Å². The van der Waals surface area contributed by atoms with Crippen molar-refractivity contribution in [2.24, 2.45) is 21.6 Å². The van der Waals surface area contributed by atoms with Gasteiger partial charge in [-0.15, -0.1) is 0 Å². The number of anilines is 2. The third-order valence-electron chi connectivity index (χ3n) is 7.50. The SMILES string of the molecule is CCN(CCOC(=O)NCCC(C)CC(C)(C)CNC(=O)Nc1nc(C)cc(=O)[nH]1)c1ccc(N=Nc2ccc(OCCOC)cc2)cc1.